The number of methoxy groups -OCH3 is 2. The van der Waals surface area contributed by atoms with Crippen molar-refractivity contribution in [2.75, 3.05) is 14.2 Å². The zero-order valence-corrected chi connectivity index (χ0v) is 15.7. The maximum absolute atomic E-state index is 11.2. The molecule has 0 unspecified atom stereocenters. The molecular formula is C17H18O4Sn. The quantitative estimate of drug-likeness (QED) is 0.694. The third-order valence-electron chi connectivity index (χ3n) is 3.22. The molecule has 2 rings (SSSR count). The van der Waals surface area contributed by atoms with Crippen LogP contribution in [0.4, 0.5) is 0 Å². The van der Waals surface area contributed by atoms with Crippen LogP contribution in [0.1, 0.15) is 22.0 Å². The summed E-state index contributed by atoms with van der Waals surface area (Å²) in [7, 11) is 3.29. The number of carbonyl (C=O) groups is 1. The van der Waals surface area contributed by atoms with Crippen molar-refractivity contribution in [1.82, 2.24) is 0 Å². The van der Waals surface area contributed by atoms with Crippen molar-refractivity contribution < 1.29 is 17.3 Å². The number of carbonyl (C=O) groups excluding carboxylic acids is 1. The Hall–Kier alpha value is -1.69. The molecule has 0 spiro atoms. The number of benzene rings is 2. The summed E-state index contributed by atoms with van der Waals surface area (Å²) in [5.41, 5.74) is 2.28. The molecule has 22 heavy (non-hydrogen) atoms. The fourth-order valence-corrected chi connectivity index (χ4v) is 4.75. The van der Waals surface area contributed by atoms with E-state index in [9.17, 15) is 4.79 Å². The van der Waals surface area contributed by atoms with Crippen molar-refractivity contribution in [2.24, 2.45) is 0 Å². The normalized spacial score (nSPS) is 10.4. The fraction of sp³-hybridized carbons (Fsp3) is 0.235. The van der Waals surface area contributed by atoms with Gasteiger partial charge in [0.15, 0.2) is 0 Å². The van der Waals surface area contributed by atoms with Gasteiger partial charge in [-0.15, -0.1) is 0 Å². The third kappa shape index (κ3) is 4.40. The molecule has 0 fully saturated rings. The molecule has 0 atom stereocenters. The van der Waals surface area contributed by atoms with Crippen LogP contribution in [0.2, 0.25) is 0 Å². The van der Waals surface area contributed by atoms with E-state index in [4.69, 9.17) is 12.5 Å². The van der Waals surface area contributed by atoms with Gasteiger partial charge in [0.2, 0.25) is 0 Å². The molecule has 0 aliphatic rings. The summed E-state index contributed by atoms with van der Waals surface area (Å²) in [6.07, 6.45) is 0. The zero-order chi connectivity index (χ0) is 15.9. The summed E-state index contributed by atoms with van der Waals surface area (Å²) in [5, 5.41) is 0. The van der Waals surface area contributed by atoms with Crippen LogP contribution in [0.5, 0.6) is 11.5 Å². The fourth-order valence-electron chi connectivity index (χ4n) is 2.06. The molecule has 2 aromatic rings. The molecule has 5 heteroatoms. The standard InChI is InChI=1S/C15H15O2.C2H4O2.Sn/c1-16-14-7-3-12(4-8-14)11-13-5-9-15(17-2)10-6-13;1-2(3)4;/h3-11H,1-2H3;1H3,(H,3,4);/q;;+1/p-1. The summed E-state index contributed by atoms with van der Waals surface area (Å²) in [6.45, 7) is 1.46. The summed E-state index contributed by atoms with van der Waals surface area (Å²) >= 11 is -1.40. The second-order valence-electron chi connectivity index (χ2n) is 4.69. The molecule has 114 valence electrons. The Morgan fingerprint density at radius 3 is 1.59 bits per heavy atom. The second kappa shape index (κ2) is 8.08. The number of hydrogen-bond acceptors (Lipinski definition) is 4. The molecule has 2 radical (unpaired) electrons. The van der Waals surface area contributed by atoms with E-state index in [0.29, 0.717) is 0 Å². The predicted octanol–water partition coefficient (Wildman–Crippen LogP) is 2.98. The zero-order valence-electron chi connectivity index (χ0n) is 12.8. The maximum atomic E-state index is 11.2. The molecule has 2 aromatic carbocycles. The Morgan fingerprint density at radius 1 is 0.864 bits per heavy atom. The van der Waals surface area contributed by atoms with Gasteiger partial charge in [0.25, 0.3) is 0 Å². The van der Waals surface area contributed by atoms with Crippen molar-refractivity contribution in [2.45, 2.75) is 10.9 Å². The van der Waals surface area contributed by atoms with Gasteiger partial charge in [-0.2, -0.15) is 0 Å². The Morgan fingerprint density at radius 2 is 1.27 bits per heavy atom. The Bertz CT molecular complexity index is 560. The molecule has 0 aromatic heterocycles. The summed E-state index contributed by atoms with van der Waals surface area (Å²) < 4.78 is 15.9. The van der Waals surface area contributed by atoms with E-state index < -0.39 is 21.6 Å². The van der Waals surface area contributed by atoms with Gasteiger partial charge in [0.05, 0.1) is 0 Å². The number of rotatable bonds is 6. The molecule has 0 N–H and O–H groups in total. The topological polar surface area (TPSA) is 44.8 Å². The summed E-state index contributed by atoms with van der Waals surface area (Å²) in [6, 6.07) is 15.8. The van der Waals surface area contributed by atoms with Crippen LogP contribution >= 0.6 is 0 Å². The summed E-state index contributed by atoms with van der Waals surface area (Å²) in [4.78, 5) is 11.2. The average molecular weight is 405 g/mol. The van der Waals surface area contributed by atoms with Gasteiger partial charge in [-0.25, -0.2) is 0 Å². The van der Waals surface area contributed by atoms with E-state index >= 15 is 0 Å². The first-order valence-electron chi connectivity index (χ1n) is 6.85. The molecule has 0 aliphatic heterocycles. The first-order valence-corrected chi connectivity index (χ1v) is 9.66. The Kier molecular flexibility index (Phi) is 6.12. The van der Waals surface area contributed by atoms with Crippen LogP contribution in [0.25, 0.3) is 0 Å². The van der Waals surface area contributed by atoms with Gasteiger partial charge in [-0.1, -0.05) is 0 Å². The average Bonchev–Trinajstić information content (AvgIpc) is 2.56. The first-order chi connectivity index (χ1) is 10.6. The second-order valence-corrected chi connectivity index (χ2v) is 7.59. The van der Waals surface area contributed by atoms with Gasteiger partial charge in [0, 0.05) is 0 Å². The van der Waals surface area contributed by atoms with Crippen LogP contribution in [-0.4, -0.2) is 41.7 Å². The predicted molar refractivity (Wildman–Crippen MR) is 85.4 cm³/mol. The van der Waals surface area contributed by atoms with Crippen molar-refractivity contribution in [3.8, 4) is 11.5 Å². The number of hydrogen-bond donors (Lipinski definition) is 0. The van der Waals surface area contributed by atoms with E-state index in [2.05, 4.69) is 0 Å². The van der Waals surface area contributed by atoms with Crippen molar-refractivity contribution in [3.05, 3.63) is 59.7 Å². The molecule has 0 bridgehead atoms. The molecular weight excluding hydrogens is 387 g/mol. The van der Waals surface area contributed by atoms with E-state index in [1.807, 2.05) is 48.5 Å². The van der Waals surface area contributed by atoms with Crippen LogP contribution in [0.15, 0.2) is 48.5 Å². The summed E-state index contributed by atoms with van der Waals surface area (Å²) in [5.74, 6) is 1.42. The van der Waals surface area contributed by atoms with E-state index in [1.165, 1.54) is 6.92 Å². The third-order valence-corrected chi connectivity index (χ3v) is 6.95. The van der Waals surface area contributed by atoms with Gasteiger partial charge in [-0.3, -0.25) is 0 Å². The van der Waals surface area contributed by atoms with Crippen LogP contribution in [-0.2, 0) is 7.87 Å². The SMILES string of the molecule is COc1ccc([CH]([Sn][O]C(C)=O)c2ccc(OC)cc2)cc1. The molecule has 0 saturated carbocycles. The van der Waals surface area contributed by atoms with E-state index in [-0.39, 0.29) is 9.90 Å². The molecule has 0 heterocycles. The first kappa shape index (κ1) is 16.7. The van der Waals surface area contributed by atoms with Gasteiger partial charge in [0.1, 0.15) is 0 Å². The van der Waals surface area contributed by atoms with Crippen LogP contribution < -0.4 is 9.47 Å². The molecule has 0 amide bonds. The minimum atomic E-state index is -1.40. The van der Waals surface area contributed by atoms with Gasteiger partial charge < -0.3 is 0 Å². The Labute approximate surface area is 141 Å². The Balaban J connectivity index is 2.29. The van der Waals surface area contributed by atoms with Crippen LogP contribution in [0.3, 0.4) is 0 Å². The van der Waals surface area contributed by atoms with Crippen LogP contribution in [0, 0.1) is 0 Å². The monoisotopic (exact) mass is 406 g/mol. The van der Waals surface area contributed by atoms with Crippen molar-refractivity contribution >= 4 is 27.5 Å². The van der Waals surface area contributed by atoms with Gasteiger partial charge in [-0.05, 0) is 0 Å². The molecule has 0 saturated heterocycles. The van der Waals surface area contributed by atoms with E-state index in [0.717, 1.165) is 22.6 Å². The van der Waals surface area contributed by atoms with E-state index in [1.54, 1.807) is 14.2 Å². The molecule has 0 aliphatic carbocycles. The molecule has 4 nitrogen and oxygen atoms in total. The van der Waals surface area contributed by atoms with Crippen molar-refractivity contribution in [3.63, 3.8) is 0 Å². The van der Waals surface area contributed by atoms with Gasteiger partial charge >= 0.3 is 141 Å². The minimum absolute atomic E-state index is 0.143. The van der Waals surface area contributed by atoms with Crippen molar-refractivity contribution in [1.29, 1.82) is 0 Å². The number of ether oxygens (including phenoxy) is 2.